The fourth-order valence-corrected chi connectivity index (χ4v) is 1.82. The third-order valence-corrected chi connectivity index (χ3v) is 2.79. The van der Waals surface area contributed by atoms with Crippen LogP contribution in [0.1, 0.15) is 26.2 Å². The molecule has 1 rings (SSSR count). The third kappa shape index (κ3) is 4.68. The molecule has 1 aromatic rings. The number of carbonyl (C=O) groups is 1. The van der Waals surface area contributed by atoms with Gasteiger partial charge in [0.15, 0.2) is 11.6 Å². The van der Waals surface area contributed by atoms with Gasteiger partial charge in [-0.25, -0.2) is 13.6 Å². The van der Waals surface area contributed by atoms with Crippen LogP contribution in [0.15, 0.2) is 12.1 Å². The van der Waals surface area contributed by atoms with Gasteiger partial charge >= 0.3 is 6.03 Å². The predicted molar refractivity (Wildman–Crippen MR) is 77.2 cm³/mol. The van der Waals surface area contributed by atoms with E-state index in [4.69, 9.17) is 0 Å². The van der Waals surface area contributed by atoms with Crippen LogP contribution in [0.4, 0.5) is 25.0 Å². The van der Waals surface area contributed by atoms with Crippen molar-refractivity contribution in [2.24, 2.45) is 0 Å². The van der Waals surface area contributed by atoms with Crippen LogP contribution in [0.25, 0.3) is 0 Å². The Morgan fingerprint density at radius 1 is 1.20 bits per heavy atom. The van der Waals surface area contributed by atoms with Crippen LogP contribution >= 0.6 is 0 Å². The molecule has 0 aliphatic heterocycles. The number of halogens is 2. The molecule has 0 unspecified atom stereocenters. The first-order valence-corrected chi connectivity index (χ1v) is 6.67. The van der Waals surface area contributed by atoms with Gasteiger partial charge in [0.1, 0.15) is 5.69 Å². The molecule has 0 spiro atoms. The Morgan fingerprint density at radius 2 is 1.80 bits per heavy atom. The van der Waals surface area contributed by atoms with Crippen molar-refractivity contribution in [2.45, 2.75) is 26.2 Å². The van der Waals surface area contributed by atoms with Crippen molar-refractivity contribution in [3.63, 3.8) is 0 Å². The molecule has 0 radical (unpaired) electrons. The molecule has 0 atom stereocenters. The molecule has 0 fully saturated rings. The highest BCUT2D eigenvalue weighted by Crippen LogP contribution is 2.25. The van der Waals surface area contributed by atoms with Crippen molar-refractivity contribution in [1.29, 1.82) is 0 Å². The fourth-order valence-electron chi connectivity index (χ4n) is 1.82. The van der Waals surface area contributed by atoms with Crippen molar-refractivity contribution in [3.8, 4) is 0 Å². The predicted octanol–water partition coefficient (Wildman–Crippen LogP) is 3.34. The number of urea groups is 1. The normalized spacial score (nSPS) is 10.2. The number of anilines is 2. The summed E-state index contributed by atoms with van der Waals surface area (Å²) in [5.74, 6) is -1.42. The smallest absolute Gasteiger partial charge is 0.319 e. The van der Waals surface area contributed by atoms with E-state index in [1.807, 2.05) is 0 Å². The Labute approximate surface area is 118 Å². The van der Waals surface area contributed by atoms with Crippen LogP contribution in [0.2, 0.25) is 0 Å². The fraction of sp³-hybridized carbons (Fsp3) is 0.500. The van der Waals surface area contributed by atoms with Gasteiger partial charge < -0.3 is 15.5 Å². The van der Waals surface area contributed by atoms with Gasteiger partial charge in [0, 0.05) is 26.3 Å². The Balaban J connectivity index is 2.62. The summed E-state index contributed by atoms with van der Waals surface area (Å²) in [6.45, 7) is 2.61. The van der Waals surface area contributed by atoms with Crippen LogP contribution in [0, 0.1) is 11.6 Å². The van der Waals surface area contributed by atoms with E-state index in [1.54, 1.807) is 14.1 Å². The summed E-state index contributed by atoms with van der Waals surface area (Å²) in [5, 5.41) is 5.05. The van der Waals surface area contributed by atoms with Crippen LogP contribution in [-0.2, 0) is 0 Å². The summed E-state index contributed by atoms with van der Waals surface area (Å²) >= 11 is 0. The number of unbranched alkanes of at least 4 members (excludes halogenated alkanes) is 2. The monoisotopic (exact) mass is 285 g/mol. The van der Waals surface area contributed by atoms with Crippen molar-refractivity contribution in [3.05, 3.63) is 23.8 Å². The topological polar surface area (TPSA) is 44.4 Å². The van der Waals surface area contributed by atoms with E-state index in [0.717, 1.165) is 31.4 Å². The van der Waals surface area contributed by atoms with E-state index in [9.17, 15) is 13.6 Å². The number of amides is 2. The van der Waals surface area contributed by atoms with Gasteiger partial charge in [-0.05, 0) is 18.6 Å². The highest BCUT2D eigenvalue weighted by molar-refractivity contribution is 5.89. The van der Waals surface area contributed by atoms with Crippen molar-refractivity contribution in [1.82, 2.24) is 5.32 Å². The second-order valence-electron chi connectivity index (χ2n) is 4.77. The van der Waals surface area contributed by atoms with E-state index < -0.39 is 17.7 Å². The second kappa shape index (κ2) is 7.67. The molecule has 2 amide bonds. The minimum absolute atomic E-state index is 0.0959. The molecule has 0 heterocycles. The van der Waals surface area contributed by atoms with Gasteiger partial charge in [-0.15, -0.1) is 0 Å². The van der Waals surface area contributed by atoms with E-state index in [2.05, 4.69) is 17.6 Å². The van der Waals surface area contributed by atoms with E-state index in [0.29, 0.717) is 6.54 Å². The van der Waals surface area contributed by atoms with Gasteiger partial charge in [-0.2, -0.15) is 0 Å². The molecule has 0 saturated heterocycles. The largest absolute Gasteiger partial charge is 0.373 e. The maximum atomic E-state index is 13.7. The molecular formula is C14H21F2N3O. The molecule has 4 nitrogen and oxygen atoms in total. The lowest BCUT2D eigenvalue weighted by molar-refractivity contribution is 0.252. The first-order valence-electron chi connectivity index (χ1n) is 6.67. The summed E-state index contributed by atoms with van der Waals surface area (Å²) in [4.78, 5) is 12.9. The molecule has 0 saturated carbocycles. The Morgan fingerprint density at radius 3 is 2.30 bits per heavy atom. The first-order chi connectivity index (χ1) is 9.45. The van der Waals surface area contributed by atoms with Crippen LogP contribution in [0.5, 0.6) is 0 Å². The second-order valence-corrected chi connectivity index (χ2v) is 4.77. The zero-order valence-corrected chi connectivity index (χ0v) is 12.1. The van der Waals surface area contributed by atoms with Gasteiger partial charge in [0.2, 0.25) is 0 Å². The number of benzene rings is 1. The van der Waals surface area contributed by atoms with Crippen LogP contribution in [-0.4, -0.2) is 26.7 Å². The number of hydrogen-bond acceptors (Lipinski definition) is 2. The number of rotatable bonds is 6. The van der Waals surface area contributed by atoms with E-state index in [1.165, 1.54) is 4.90 Å². The third-order valence-electron chi connectivity index (χ3n) is 2.79. The number of hydrogen-bond donors (Lipinski definition) is 2. The molecule has 0 bridgehead atoms. The molecule has 2 N–H and O–H groups in total. The molecule has 0 aromatic heterocycles. The lowest BCUT2D eigenvalue weighted by Gasteiger charge is -2.16. The molecule has 0 aliphatic rings. The summed E-state index contributed by atoms with van der Waals surface area (Å²) in [7, 11) is 3.10. The molecule has 6 heteroatoms. The minimum atomic E-state index is -0.712. The Kier molecular flexibility index (Phi) is 6.21. The standard InChI is InChI=1S/C14H21F2N3O/c1-4-5-6-7-17-14(20)18-10-8-11(15)13(19(2)3)12(16)9-10/h8-9H,4-7H2,1-3H3,(H2,17,18,20). The Hall–Kier alpha value is -1.85. The highest BCUT2D eigenvalue weighted by Gasteiger charge is 2.13. The molecular weight excluding hydrogens is 264 g/mol. The zero-order valence-electron chi connectivity index (χ0n) is 12.1. The van der Waals surface area contributed by atoms with Gasteiger partial charge in [-0.3, -0.25) is 0 Å². The maximum absolute atomic E-state index is 13.7. The summed E-state index contributed by atoms with van der Waals surface area (Å²) in [6.07, 6.45) is 2.97. The summed E-state index contributed by atoms with van der Waals surface area (Å²) < 4.78 is 27.4. The quantitative estimate of drug-likeness (QED) is 0.787. The lowest BCUT2D eigenvalue weighted by atomic mass is 10.2. The zero-order chi connectivity index (χ0) is 15.1. The lowest BCUT2D eigenvalue weighted by Crippen LogP contribution is -2.29. The minimum Gasteiger partial charge on any atom is -0.373 e. The molecule has 1 aromatic carbocycles. The number of nitrogens with zero attached hydrogens (tertiary/aromatic N) is 1. The first kappa shape index (κ1) is 16.2. The van der Waals surface area contributed by atoms with Crippen molar-refractivity contribution in [2.75, 3.05) is 30.9 Å². The summed E-state index contributed by atoms with van der Waals surface area (Å²) in [5.41, 5.74) is -0.0301. The van der Waals surface area contributed by atoms with Crippen molar-refractivity contribution >= 4 is 17.4 Å². The number of carbonyl (C=O) groups excluding carboxylic acids is 1. The maximum Gasteiger partial charge on any atom is 0.319 e. The van der Waals surface area contributed by atoms with Gasteiger partial charge in [0.05, 0.1) is 0 Å². The SMILES string of the molecule is CCCCCNC(=O)Nc1cc(F)c(N(C)C)c(F)c1. The molecule has 20 heavy (non-hydrogen) atoms. The van der Waals surface area contributed by atoms with Crippen molar-refractivity contribution < 1.29 is 13.6 Å². The molecule has 112 valence electrons. The molecule has 0 aliphatic carbocycles. The average Bonchev–Trinajstić information content (AvgIpc) is 2.33. The van der Waals surface area contributed by atoms with E-state index >= 15 is 0 Å². The Bertz CT molecular complexity index is 441. The summed E-state index contributed by atoms with van der Waals surface area (Å²) in [6, 6.07) is 1.74. The number of nitrogens with one attached hydrogen (secondary N) is 2. The van der Waals surface area contributed by atoms with Crippen LogP contribution in [0.3, 0.4) is 0 Å². The van der Waals surface area contributed by atoms with E-state index in [-0.39, 0.29) is 11.4 Å². The van der Waals surface area contributed by atoms with Gasteiger partial charge in [-0.1, -0.05) is 19.8 Å². The highest BCUT2D eigenvalue weighted by atomic mass is 19.1. The van der Waals surface area contributed by atoms with Crippen LogP contribution < -0.4 is 15.5 Å². The van der Waals surface area contributed by atoms with Gasteiger partial charge in [0.25, 0.3) is 0 Å². The average molecular weight is 285 g/mol.